The van der Waals surface area contributed by atoms with Gasteiger partial charge in [-0.2, -0.15) is 5.26 Å². The molecular formula is C5H6N. The molecule has 0 spiro atoms. The van der Waals surface area contributed by atoms with Gasteiger partial charge >= 0.3 is 0 Å². The van der Waals surface area contributed by atoms with Crippen molar-refractivity contribution in [1.29, 1.82) is 5.26 Å². The molecule has 0 N–H and O–H groups in total. The van der Waals surface area contributed by atoms with Gasteiger partial charge in [-0.1, -0.05) is 5.57 Å². The normalized spacial score (nSPS) is 6.17. The Bertz CT molecular complexity index is 91.0. The summed E-state index contributed by atoms with van der Waals surface area (Å²) in [6.45, 7) is 3.67. The summed E-state index contributed by atoms with van der Waals surface area (Å²) in [5.41, 5.74) is 0.928. The molecule has 0 aromatic carbocycles. The van der Waals surface area contributed by atoms with Crippen LogP contribution in [0.4, 0.5) is 0 Å². The van der Waals surface area contributed by atoms with E-state index in [1.165, 1.54) is 0 Å². The molecule has 0 aromatic rings. The van der Waals surface area contributed by atoms with Crippen LogP contribution < -0.4 is 0 Å². The van der Waals surface area contributed by atoms with Crippen molar-refractivity contribution in [2.24, 2.45) is 0 Å². The summed E-state index contributed by atoms with van der Waals surface area (Å²) >= 11 is 0. The maximum absolute atomic E-state index is 7.85. The summed E-state index contributed by atoms with van der Waals surface area (Å²) in [6.07, 6.45) is 2.43. The standard InChI is InChI=1S/C5H6N/c1-5(2)3-4-6/h1-2H3. The minimum atomic E-state index is 0.928. The van der Waals surface area contributed by atoms with E-state index in [9.17, 15) is 0 Å². The molecule has 0 saturated heterocycles. The van der Waals surface area contributed by atoms with Crippen LogP contribution in [0.25, 0.3) is 0 Å². The summed E-state index contributed by atoms with van der Waals surface area (Å²) in [4.78, 5) is 0. The zero-order valence-corrected chi connectivity index (χ0v) is 3.95. The summed E-state index contributed by atoms with van der Waals surface area (Å²) in [7, 11) is 0. The average molecular weight is 80.1 g/mol. The maximum Gasteiger partial charge on any atom is 0.100 e. The van der Waals surface area contributed by atoms with E-state index in [0.717, 1.165) is 5.57 Å². The van der Waals surface area contributed by atoms with Gasteiger partial charge in [-0.05, 0) is 13.8 Å². The lowest BCUT2D eigenvalue weighted by Crippen LogP contribution is -1.56. The largest absolute Gasteiger partial charge is 0.192 e. The Labute approximate surface area is 37.9 Å². The molecule has 6 heavy (non-hydrogen) atoms. The molecule has 0 aliphatic carbocycles. The minimum absolute atomic E-state index is 0.928. The van der Waals surface area contributed by atoms with Gasteiger partial charge in [-0.3, -0.25) is 0 Å². The van der Waals surface area contributed by atoms with Crippen molar-refractivity contribution in [2.45, 2.75) is 13.8 Å². The number of rotatable bonds is 0. The number of nitriles is 1. The van der Waals surface area contributed by atoms with Crippen molar-refractivity contribution in [2.75, 3.05) is 0 Å². The Morgan fingerprint density at radius 1 is 1.50 bits per heavy atom. The molecule has 0 aliphatic rings. The Morgan fingerprint density at radius 2 is 2.00 bits per heavy atom. The van der Waals surface area contributed by atoms with Crippen molar-refractivity contribution in [1.82, 2.24) is 0 Å². The van der Waals surface area contributed by atoms with Crippen LogP contribution in [0.3, 0.4) is 0 Å². The van der Waals surface area contributed by atoms with E-state index in [4.69, 9.17) is 5.26 Å². The lowest BCUT2D eigenvalue weighted by Gasteiger charge is -1.70. The van der Waals surface area contributed by atoms with Crippen molar-refractivity contribution in [3.63, 3.8) is 0 Å². The van der Waals surface area contributed by atoms with Crippen molar-refractivity contribution < 1.29 is 0 Å². The molecule has 1 nitrogen and oxygen atoms in total. The minimum Gasteiger partial charge on any atom is -0.192 e. The second-order valence-corrected chi connectivity index (χ2v) is 1.24. The van der Waals surface area contributed by atoms with Gasteiger partial charge in [0.05, 0.1) is 6.08 Å². The fourth-order valence-electron chi connectivity index (χ4n) is 0.112. The molecule has 0 saturated carbocycles. The van der Waals surface area contributed by atoms with Gasteiger partial charge < -0.3 is 0 Å². The second kappa shape index (κ2) is 2.47. The Balaban J connectivity index is 3.51. The van der Waals surface area contributed by atoms with Gasteiger partial charge in [0.25, 0.3) is 0 Å². The first-order valence-electron chi connectivity index (χ1n) is 1.72. The quantitative estimate of drug-likeness (QED) is 0.402. The third-order valence-electron chi connectivity index (χ3n) is 0.306. The van der Waals surface area contributed by atoms with Gasteiger partial charge in [-0.25, -0.2) is 0 Å². The first-order valence-corrected chi connectivity index (χ1v) is 1.72. The van der Waals surface area contributed by atoms with Crippen LogP contribution in [0.15, 0.2) is 5.57 Å². The maximum atomic E-state index is 7.85. The Kier molecular flexibility index (Phi) is 2.15. The molecule has 0 aromatic heterocycles. The van der Waals surface area contributed by atoms with Gasteiger partial charge in [0, 0.05) is 0 Å². The van der Waals surface area contributed by atoms with Gasteiger partial charge in [-0.15, -0.1) is 0 Å². The molecule has 0 rings (SSSR count). The molecule has 1 heteroatoms. The van der Waals surface area contributed by atoms with Crippen LogP contribution in [0, 0.1) is 17.4 Å². The first-order chi connectivity index (χ1) is 2.77. The number of nitrogens with zero attached hydrogens (tertiary/aromatic N) is 1. The fourth-order valence-corrected chi connectivity index (χ4v) is 0.112. The van der Waals surface area contributed by atoms with E-state index in [-0.39, 0.29) is 0 Å². The summed E-state index contributed by atoms with van der Waals surface area (Å²) in [5.74, 6) is 0. The number of hydrogen-bond acceptors (Lipinski definition) is 1. The lowest BCUT2D eigenvalue weighted by atomic mass is 10.3. The van der Waals surface area contributed by atoms with Crippen LogP contribution in [-0.2, 0) is 0 Å². The summed E-state index contributed by atoms with van der Waals surface area (Å²) < 4.78 is 0. The monoisotopic (exact) mass is 80.1 g/mol. The molecule has 31 valence electrons. The zero-order valence-electron chi connectivity index (χ0n) is 3.95. The third-order valence-corrected chi connectivity index (χ3v) is 0.306. The van der Waals surface area contributed by atoms with E-state index in [1.54, 1.807) is 6.07 Å². The third kappa shape index (κ3) is 3.23. The molecule has 1 radical (unpaired) electrons. The van der Waals surface area contributed by atoms with E-state index in [0.29, 0.717) is 0 Å². The molecular weight excluding hydrogens is 74.1 g/mol. The van der Waals surface area contributed by atoms with Crippen LogP contribution >= 0.6 is 0 Å². The van der Waals surface area contributed by atoms with E-state index in [2.05, 4.69) is 6.08 Å². The van der Waals surface area contributed by atoms with Gasteiger partial charge in [0.15, 0.2) is 0 Å². The number of hydrogen-bond donors (Lipinski definition) is 0. The molecule has 0 heterocycles. The predicted molar refractivity (Wildman–Crippen MR) is 23.7 cm³/mol. The van der Waals surface area contributed by atoms with E-state index in [1.807, 2.05) is 13.8 Å². The summed E-state index contributed by atoms with van der Waals surface area (Å²) in [5, 5.41) is 7.85. The first kappa shape index (κ1) is 5.23. The van der Waals surface area contributed by atoms with Crippen LogP contribution in [-0.4, -0.2) is 0 Å². The molecule has 0 fully saturated rings. The van der Waals surface area contributed by atoms with Crippen LogP contribution in [0.5, 0.6) is 0 Å². The highest BCUT2D eigenvalue weighted by Crippen LogP contribution is 1.81. The smallest absolute Gasteiger partial charge is 0.100 e. The van der Waals surface area contributed by atoms with Crippen molar-refractivity contribution >= 4 is 0 Å². The lowest BCUT2D eigenvalue weighted by molar-refractivity contribution is 1.36. The molecule has 0 bridgehead atoms. The van der Waals surface area contributed by atoms with Crippen LogP contribution in [0.2, 0.25) is 0 Å². The fraction of sp³-hybridized carbons (Fsp3) is 0.400. The second-order valence-electron chi connectivity index (χ2n) is 1.24. The SMILES string of the molecule is CC(C)=[C]C#N. The van der Waals surface area contributed by atoms with Crippen molar-refractivity contribution in [3.8, 4) is 6.07 Å². The predicted octanol–water partition coefficient (Wildman–Crippen LogP) is 1.28. The molecule has 0 amide bonds. The molecule has 0 aliphatic heterocycles. The Hall–Kier alpha value is -0.770. The topological polar surface area (TPSA) is 23.8 Å². The van der Waals surface area contributed by atoms with E-state index < -0.39 is 0 Å². The number of allylic oxidation sites excluding steroid dienone is 2. The highest BCUT2D eigenvalue weighted by Gasteiger charge is 1.67. The highest BCUT2D eigenvalue weighted by molar-refractivity contribution is 4.99. The highest BCUT2D eigenvalue weighted by atomic mass is 14.2. The molecule has 0 atom stereocenters. The Morgan fingerprint density at radius 3 is 2.00 bits per heavy atom. The summed E-state index contributed by atoms with van der Waals surface area (Å²) in [6, 6.07) is 1.78. The zero-order chi connectivity index (χ0) is 4.99. The van der Waals surface area contributed by atoms with E-state index >= 15 is 0 Å². The van der Waals surface area contributed by atoms with Crippen molar-refractivity contribution in [3.05, 3.63) is 11.6 Å². The van der Waals surface area contributed by atoms with Gasteiger partial charge in [0.1, 0.15) is 6.07 Å². The van der Waals surface area contributed by atoms with Gasteiger partial charge in [0.2, 0.25) is 0 Å². The van der Waals surface area contributed by atoms with Crippen LogP contribution in [0.1, 0.15) is 13.8 Å². The molecule has 0 unspecified atom stereocenters. The average Bonchev–Trinajstić information content (AvgIpc) is 1.35.